The Labute approximate surface area is 131 Å². The molecule has 0 bridgehead atoms. The van der Waals surface area contributed by atoms with Gasteiger partial charge in [0.2, 0.25) is 10.0 Å². The van der Waals surface area contributed by atoms with Crippen molar-refractivity contribution in [3.8, 4) is 0 Å². The number of benzene rings is 1. The molecular weight excluding hydrogens is 358 g/mol. The Hall–Kier alpha value is -1.80. The van der Waals surface area contributed by atoms with Crippen LogP contribution in [0.25, 0.3) is 0 Å². The van der Waals surface area contributed by atoms with E-state index in [0.29, 0.717) is 17.1 Å². The SMILES string of the molecule is CCS(=O)(=O)Nc1ccc(NC(=O)c2cc(Br)c[nH]2)cc1. The minimum absolute atomic E-state index is 0.00713. The summed E-state index contributed by atoms with van der Waals surface area (Å²) in [6.45, 7) is 1.56. The minimum atomic E-state index is -3.30. The summed E-state index contributed by atoms with van der Waals surface area (Å²) in [5, 5.41) is 2.71. The number of sulfonamides is 1. The lowest BCUT2D eigenvalue weighted by molar-refractivity contribution is 0.102. The quantitative estimate of drug-likeness (QED) is 0.754. The van der Waals surface area contributed by atoms with Crippen molar-refractivity contribution < 1.29 is 13.2 Å². The Bertz CT molecular complexity index is 738. The van der Waals surface area contributed by atoms with Crippen LogP contribution in [0.4, 0.5) is 11.4 Å². The zero-order valence-electron chi connectivity index (χ0n) is 11.2. The molecule has 0 saturated carbocycles. The predicted molar refractivity (Wildman–Crippen MR) is 86.0 cm³/mol. The molecule has 1 aromatic carbocycles. The van der Waals surface area contributed by atoms with Gasteiger partial charge in [-0.15, -0.1) is 0 Å². The van der Waals surface area contributed by atoms with Gasteiger partial charge in [0.25, 0.3) is 5.91 Å². The third kappa shape index (κ3) is 4.33. The lowest BCUT2D eigenvalue weighted by atomic mass is 10.3. The second kappa shape index (κ2) is 6.31. The van der Waals surface area contributed by atoms with Crippen LogP contribution in [0.3, 0.4) is 0 Å². The Morgan fingerprint density at radius 3 is 2.38 bits per heavy atom. The largest absolute Gasteiger partial charge is 0.356 e. The number of H-pyrrole nitrogens is 1. The number of anilines is 2. The molecule has 1 heterocycles. The average molecular weight is 372 g/mol. The maximum Gasteiger partial charge on any atom is 0.272 e. The van der Waals surface area contributed by atoms with Gasteiger partial charge in [-0.3, -0.25) is 9.52 Å². The zero-order chi connectivity index (χ0) is 15.5. The van der Waals surface area contributed by atoms with Gasteiger partial charge in [-0.1, -0.05) is 0 Å². The van der Waals surface area contributed by atoms with Crippen LogP contribution in [0, 0.1) is 0 Å². The van der Waals surface area contributed by atoms with Gasteiger partial charge in [0.15, 0.2) is 0 Å². The molecule has 112 valence electrons. The second-order valence-electron chi connectivity index (χ2n) is 4.27. The van der Waals surface area contributed by atoms with Crippen molar-refractivity contribution in [2.45, 2.75) is 6.92 Å². The Balaban J connectivity index is 2.04. The number of nitrogens with one attached hydrogen (secondary N) is 3. The number of halogens is 1. The van der Waals surface area contributed by atoms with Crippen LogP contribution < -0.4 is 10.0 Å². The van der Waals surface area contributed by atoms with Crippen molar-refractivity contribution in [3.05, 3.63) is 46.7 Å². The van der Waals surface area contributed by atoms with E-state index in [2.05, 4.69) is 31.0 Å². The van der Waals surface area contributed by atoms with Gasteiger partial charge in [-0.25, -0.2) is 8.42 Å². The number of aromatic nitrogens is 1. The molecule has 1 aromatic heterocycles. The topological polar surface area (TPSA) is 91.1 Å². The number of carbonyl (C=O) groups is 1. The van der Waals surface area contributed by atoms with Crippen LogP contribution in [-0.2, 0) is 10.0 Å². The fourth-order valence-corrected chi connectivity index (χ4v) is 2.55. The van der Waals surface area contributed by atoms with Crippen LogP contribution in [0.5, 0.6) is 0 Å². The van der Waals surface area contributed by atoms with Crippen molar-refractivity contribution in [2.24, 2.45) is 0 Å². The number of hydrogen-bond acceptors (Lipinski definition) is 3. The Kier molecular flexibility index (Phi) is 4.69. The molecule has 0 saturated heterocycles. The van der Waals surface area contributed by atoms with Crippen LogP contribution in [0.1, 0.15) is 17.4 Å². The fraction of sp³-hybridized carbons (Fsp3) is 0.154. The number of aromatic amines is 1. The molecule has 0 spiro atoms. The molecular formula is C13H14BrN3O3S. The van der Waals surface area contributed by atoms with Crippen molar-refractivity contribution in [1.82, 2.24) is 4.98 Å². The van der Waals surface area contributed by atoms with Crippen molar-refractivity contribution >= 4 is 43.2 Å². The van der Waals surface area contributed by atoms with Gasteiger partial charge in [0, 0.05) is 22.0 Å². The summed E-state index contributed by atoms with van der Waals surface area (Å²) in [5.41, 5.74) is 1.46. The van der Waals surface area contributed by atoms with E-state index in [1.165, 1.54) is 0 Å². The van der Waals surface area contributed by atoms with Gasteiger partial charge in [-0.2, -0.15) is 0 Å². The normalized spacial score (nSPS) is 11.1. The average Bonchev–Trinajstić information content (AvgIpc) is 2.87. The predicted octanol–water partition coefficient (Wildman–Crippen LogP) is 2.79. The first-order valence-corrected chi connectivity index (χ1v) is 8.60. The summed E-state index contributed by atoms with van der Waals surface area (Å²) in [5.74, 6) is -0.268. The summed E-state index contributed by atoms with van der Waals surface area (Å²) in [6, 6.07) is 8.10. The first-order chi connectivity index (χ1) is 9.89. The van der Waals surface area contributed by atoms with E-state index in [-0.39, 0.29) is 11.7 Å². The molecule has 0 radical (unpaired) electrons. The number of amides is 1. The Morgan fingerprint density at radius 2 is 1.86 bits per heavy atom. The van der Waals surface area contributed by atoms with Crippen LogP contribution >= 0.6 is 15.9 Å². The molecule has 0 fully saturated rings. The molecule has 2 aromatic rings. The van der Waals surface area contributed by atoms with Crippen LogP contribution in [-0.4, -0.2) is 25.1 Å². The van der Waals surface area contributed by atoms with Gasteiger partial charge in [0.05, 0.1) is 5.75 Å². The van der Waals surface area contributed by atoms with E-state index in [1.54, 1.807) is 43.5 Å². The highest BCUT2D eigenvalue weighted by Crippen LogP contribution is 2.17. The molecule has 8 heteroatoms. The fourth-order valence-electron chi connectivity index (χ4n) is 1.57. The van der Waals surface area contributed by atoms with Crippen molar-refractivity contribution in [1.29, 1.82) is 0 Å². The molecule has 0 aliphatic carbocycles. The molecule has 0 aliphatic rings. The molecule has 21 heavy (non-hydrogen) atoms. The second-order valence-corrected chi connectivity index (χ2v) is 7.20. The Morgan fingerprint density at radius 1 is 1.24 bits per heavy atom. The first-order valence-electron chi connectivity index (χ1n) is 6.15. The lowest BCUT2D eigenvalue weighted by Gasteiger charge is -2.08. The smallest absolute Gasteiger partial charge is 0.272 e. The van der Waals surface area contributed by atoms with Crippen molar-refractivity contribution in [3.63, 3.8) is 0 Å². The monoisotopic (exact) mass is 371 g/mol. The van der Waals surface area contributed by atoms with Gasteiger partial charge in [-0.05, 0) is 53.2 Å². The summed E-state index contributed by atoms with van der Waals surface area (Å²) >= 11 is 3.25. The summed E-state index contributed by atoms with van der Waals surface area (Å²) < 4.78 is 26.1. The van der Waals surface area contributed by atoms with E-state index in [0.717, 1.165) is 4.47 Å². The lowest BCUT2D eigenvalue weighted by Crippen LogP contribution is -2.15. The molecule has 1 amide bonds. The van der Waals surface area contributed by atoms with Gasteiger partial charge < -0.3 is 10.3 Å². The molecule has 0 aliphatic heterocycles. The molecule has 2 rings (SSSR count). The van der Waals surface area contributed by atoms with E-state index in [9.17, 15) is 13.2 Å². The molecule has 3 N–H and O–H groups in total. The van der Waals surface area contributed by atoms with Crippen molar-refractivity contribution in [2.75, 3.05) is 15.8 Å². The third-order valence-electron chi connectivity index (χ3n) is 2.69. The summed E-state index contributed by atoms with van der Waals surface area (Å²) in [4.78, 5) is 14.7. The number of hydrogen-bond donors (Lipinski definition) is 3. The highest BCUT2D eigenvalue weighted by atomic mass is 79.9. The molecule has 6 nitrogen and oxygen atoms in total. The van der Waals surface area contributed by atoms with E-state index in [1.807, 2.05) is 0 Å². The van der Waals surface area contributed by atoms with Crippen LogP contribution in [0.2, 0.25) is 0 Å². The van der Waals surface area contributed by atoms with Gasteiger partial charge >= 0.3 is 0 Å². The zero-order valence-corrected chi connectivity index (χ0v) is 13.6. The maximum absolute atomic E-state index is 11.9. The highest BCUT2D eigenvalue weighted by Gasteiger charge is 2.09. The number of carbonyl (C=O) groups excluding carboxylic acids is 1. The summed E-state index contributed by atoms with van der Waals surface area (Å²) in [6.07, 6.45) is 1.66. The standard InChI is InChI=1S/C13H14BrN3O3S/c1-2-21(19,20)17-11-5-3-10(4-6-11)16-13(18)12-7-9(14)8-15-12/h3-8,15,17H,2H2,1H3,(H,16,18). The first kappa shape index (κ1) is 15.6. The molecule has 0 unspecified atom stereocenters. The van der Waals surface area contributed by atoms with Gasteiger partial charge in [0.1, 0.15) is 5.69 Å². The summed E-state index contributed by atoms with van der Waals surface area (Å²) in [7, 11) is -3.30. The third-order valence-corrected chi connectivity index (χ3v) is 4.45. The minimum Gasteiger partial charge on any atom is -0.356 e. The van der Waals surface area contributed by atoms with E-state index in [4.69, 9.17) is 0 Å². The highest BCUT2D eigenvalue weighted by molar-refractivity contribution is 9.10. The molecule has 0 atom stereocenters. The van der Waals surface area contributed by atoms with Crippen LogP contribution in [0.15, 0.2) is 41.0 Å². The number of rotatable bonds is 5. The maximum atomic E-state index is 11.9. The van der Waals surface area contributed by atoms with E-state index < -0.39 is 10.0 Å². The van der Waals surface area contributed by atoms with E-state index >= 15 is 0 Å².